The summed E-state index contributed by atoms with van der Waals surface area (Å²) in [6.45, 7) is 0. The SMILES string of the molecule is N#Cc1cc(C#N)cc(-n2c3ccccc3c3cc(-c4ccc5sc6ccccc6c5c4)ccc32)c1. The monoisotopic (exact) mass is 475 g/mol. The zero-order chi connectivity index (χ0) is 24.2. The molecular weight excluding hydrogens is 458 g/mol. The van der Waals surface area contributed by atoms with E-state index in [1.165, 1.54) is 25.7 Å². The van der Waals surface area contributed by atoms with E-state index in [0.29, 0.717) is 11.1 Å². The van der Waals surface area contributed by atoms with E-state index in [-0.39, 0.29) is 0 Å². The Morgan fingerprint density at radius 3 is 1.92 bits per heavy atom. The number of aromatic nitrogens is 1. The highest BCUT2D eigenvalue weighted by molar-refractivity contribution is 7.25. The second-order valence-corrected chi connectivity index (χ2v) is 9.97. The molecule has 5 aromatic carbocycles. The molecule has 0 aliphatic carbocycles. The molecule has 0 fully saturated rings. The molecule has 7 rings (SSSR count). The third kappa shape index (κ3) is 3.03. The molecule has 0 aliphatic heterocycles. The topological polar surface area (TPSA) is 52.5 Å². The van der Waals surface area contributed by atoms with Crippen LogP contribution in [-0.2, 0) is 0 Å². The number of rotatable bonds is 2. The highest BCUT2D eigenvalue weighted by Crippen LogP contribution is 2.38. The molecule has 2 aromatic heterocycles. The number of para-hydroxylation sites is 1. The van der Waals surface area contributed by atoms with Gasteiger partial charge in [-0.1, -0.05) is 48.5 Å². The molecule has 0 atom stereocenters. The summed E-state index contributed by atoms with van der Waals surface area (Å²) in [7, 11) is 0. The lowest BCUT2D eigenvalue weighted by molar-refractivity contribution is 1.17. The van der Waals surface area contributed by atoms with E-state index in [9.17, 15) is 10.5 Å². The van der Waals surface area contributed by atoms with Gasteiger partial charge in [0.1, 0.15) is 0 Å². The number of hydrogen-bond donors (Lipinski definition) is 0. The van der Waals surface area contributed by atoms with Crippen molar-refractivity contribution < 1.29 is 0 Å². The average Bonchev–Trinajstić information content (AvgIpc) is 3.47. The molecule has 36 heavy (non-hydrogen) atoms. The van der Waals surface area contributed by atoms with Gasteiger partial charge in [-0.15, -0.1) is 11.3 Å². The van der Waals surface area contributed by atoms with Gasteiger partial charge < -0.3 is 4.57 Å². The van der Waals surface area contributed by atoms with Gasteiger partial charge in [-0.2, -0.15) is 10.5 Å². The predicted octanol–water partition coefficient (Wildman–Crippen LogP) is 8.56. The number of thiophene rings is 1. The van der Waals surface area contributed by atoms with Crippen LogP contribution in [0, 0.1) is 22.7 Å². The summed E-state index contributed by atoms with van der Waals surface area (Å²) >= 11 is 1.83. The van der Waals surface area contributed by atoms with Crippen molar-refractivity contribution in [2.45, 2.75) is 0 Å². The minimum atomic E-state index is 0.475. The van der Waals surface area contributed by atoms with Crippen LogP contribution in [0.25, 0.3) is 58.8 Å². The van der Waals surface area contributed by atoms with E-state index in [1.807, 2.05) is 29.5 Å². The molecule has 0 aliphatic rings. The Labute approximate surface area is 211 Å². The number of nitrogens with zero attached hydrogens (tertiary/aromatic N) is 3. The molecule has 0 saturated heterocycles. The van der Waals surface area contributed by atoms with E-state index >= 15 is 0 Å². The minimum absolute atomic E-state index is 0.475. The van der Waals surface area contributed by atoms with E-state index in [2.05, 4.69) is 95.6 Å². The van der Waals surface area contributed by atoms with Crippen LogP contribution in [0.1, 0.15) is 11.1 Å². The first-order valence-electron chi connectivity index (χ1n) is 11.6. The van der Waals surface area contributed by atoms with Gasteiger partial charge >= 0.3 is 0 Å². The van der Waals surface area contributed by atoms with Gasteiger partial charge in [0.05, 0.1) is 34.3 Å². The maximum absolute atomic E-state index is 9.53. The Morgan fingerprint density at radius 1 is 0.528 bits per heavy atom. The molecule has 0 unspecified atom stereocenters. The van der Waals surface area contributed by atoms with Gasteiger partial charge in [0.25, 0.3) is 0 Å². The number of hydrogen-bond acceptors (Lipinski definition) is 3. The van der Waals surface area contributed by atoms with Gasteiger partial charge in [0.15, 0.2) is 0 Å². The molecule has 0 N–H and O–H groups in total. The van der Waals surface area contributed by atoms with Crippen LogP contribution in [0.2, 0.25) is 0 Å². The zero-order valence-electron chi connectivity index (χ0n) is 19.1. The quantitative estimate of drug-likeness (QED) is 0.251. The average molecular weight is 476 g/mol. The first-order valence-corrected chi connectivity index (χ1v) is 12.5. The summed E-state index contributed by atoms with van der Waals surface area (Å²) in [4.78, 5) is 0. The zero-order valence-corrected chi connectivity index (χ0v) is 19.9. The summed E-state index contributed by atoms with van der Waals surface area (Å²) in [6.07, 6.45) is 0. The van der Waals surface area contributed by atoms with Crippen LogP contribution in [0.4, 0.5) is 0 Å². The normalized spacial score (nSPS) is 11.3. The number of fused-ring (bicyclic) bond motifs is 6. The molecule has 0 bridgehead atoms. The molecule has 0 amide bonds. The molecule has 0 spiro atoms. The fraction of sp³-hybridized carbons (Fsp3) is 0. The molecule has 2 heterocycles. The number of nitriles is 2. The van der Waals surface area contributed by atoms with Gasteiger partial charge in [-0.25, -0.2) is 0 Å². The molecule has 4 heteroatoms. The van der Waals surface area contributed by atoms with Crippen molar-refractivity contribution in [3.05, 3.63) is 114 Å². The van der Waals surface area contributed by atoms with Crippen molar-refractivity contribution in [2.24, 2.45) is 0 Å². The van der Waals surface area contributed by atoms with E-state index in [1.54, 1.807) is 6.07 Å². The molecule has 0 saturated carbocycles. The van der Waals surface area contributed by atoms with Gasteiger partial charge in [0.2, 0.25) is 0 Å². The van der Waals surface area contributed by atoms with Crippen LogP contribution >= 0.6 is 11.3 Å². The van der Waals surface area contributed by atoms with E-state index in [4.69, 9.17) is 0 Å². The minimum Gasteiger partial charge on any atom is -0.309 e. The predicted molar refractivity (Wildman–Crippen MR) is 149 cm³/mol. The Kier molecular flexibility index (Phi) is 4.45. The summed E-state index contributed by atoms with van der Waals surface area (Å²) in [5.74, 6) is 0. The van der Waals surface area contributed by atoms with E-state index in [0.717, 1.165) is 33.1 Å². The van der Waals surface area contributed by atoms with Crippen molar-refractivity contribution in [3.63, 3.8) is 0 Å². The molecule has 7 aromatic rings. The lowest BCUT2D eigenvalue weighted by Crippen LogP contribution is -1.96. The highest BCUT2D eigenvalue weighted by atomic mass is 32.1. The van der Waals surface area contributed by atoms with Crippen molar-refractivity contribution in [2.75, 3.05) is 0 Å². The van der Waals surface area contributed by atoms with Crippen LogP contribution < -0.4 is 0 Å². The third-order valence-electron chi connectivity index (χ3n) is 6.82. The van der Waals surface area contributed by atoms with Crippen molar-refractivity contribution in [1.29, 1.82) is 10.5 Å². The van der Waals surface area contributed by atoms with Crippen LogP contribution in [0.3, 0.4) is 0 Å². The maximum atomic E-state index is 9.53. The third-order valence-corrected chi connectivity index (χ3v) is 7.97. The van der Waals surface area contributed by atoms with Crippen LogP contribution in [0.15, 0.2) is 103 Å². The Bertz CT molecular complexity index is 2050. The standard InChI is InChI=1S/C32H17N3S/c33-18-20-13-21(19-34)15-24(14-20)35-29-7-3-1-5-25(29)27-16-22(9-11-30(27)35)23-10-12-32-28(17-23)26-6-2-4-8-31(26)36-32/h1-17H. The fourth-order valence-corrected chi connectivity index (χ4v) is 6.29. The second kappa shape index (κ2) is 7.82. The Hall–Kier alpha value is -4.90. The summed E-state index contributed by atoms with van der Waals surface area (Å²) in [6, 6.07) is 39.8. The molecule has 0 radical (unpaired) electrons. The lowest BCUT2D eigenvalue weighted by Gasteiger charge is -2.09. The van der Waals surface area contributed by atoms with Crippen LogP contribution in [0.5, 0.6) is 0 Å². The van der Waals surface area contributed by atoms with Crippen molar-refractivity contribution >= 4 is 53.3 Å². The first kappa shape index (κ1) is 20.5. The molecule has 166 valence electrons. The van der Waals surface area contributed by atoms with Crippen molar-refractivity contribution in [3.8, 4) is 29.0 Å². The smallest absolute Gasteiger partial charge is 0.0992 e. The number of benzene rings is 5. The summed E-state index contributed by atoms with van der Waals surface area (Å²) in [5.41, 5.74) is 6.19. The first-order chi connectivity index (χ1) is 17.7. The second-order valence-electron chi connectivity index (χ2n) is 8.89. The summed E-state index contributed by atoms with van der Waals surface area (Å²) < 4.78 is 4.74. The van der Waals surface area contributed by atoms with Crippen LogP contribution in [-0.4, -0.2) is 4.57 Å². The van der Waals surface area contributed by atoms with Gasteiger partial charge in [-0.05, 0) is 65.7 Å². The largest absolute Gasteiger partial charge is 0.309 e. The highest BCUT2D eigenvalue weighted by Gasteiger charge is 2.15. The van der Waals surface area contributed by atoms with Gasteiger partial charge in [-0.3, -0.25) is 0 Å². The maximum Gasteiger partial charge on any atom is 0.0992 e. The molecule has 3 nitrogen and oxygen atoms in total. The van der Waals surface area contributed by atoms with Crippen molar-refractivity contribution in [1.82, 2.24) is 4.57 Å². The van der Waals surface area contributed by atoms with Gasteiger partial charge in [0, 0.05) is 36.6 Å². The fourth-order valence-electron chi connectivity index (χ4n) is 5.21. The Morgan fingerprint density at radius 2 is 1.14 bits per heavy atom. The summed E-state index contributed by atoms with van der Waals surface area (Å²) in [5, 5.41) is 23.9. The lowest BCUT2D eigenvalue weighted by atomic mass is 10.0. The molecular formula is C32H17N3S. The van der Waals surface area contributed by atoms with E-state index < -0.39 is 0 Å². The Balaban J connectivity index is 1.48.